The van der Waals surface area contributed by atoms with E-state index in [1.54, 1.807) is 33.3 Å². The normalized spacial score (nSPS) is 11.8. The third-order valence-corrected chi connectivity index (χ3v) is 4.57. The number of pyridine rings is 1. The quantitative estimate of drug-likeness (QED) is 0.795. The average molecular weight is 273 g/mol. The molecule has 0 aliphatic carbocycles. The second kappa shape index (κ2) is 6.67. The van der Waals surface area contributed by atoms with E-state index >= 15 is 0 Å². The van der Waals surface area contributed by atoms with Gasteiger partial charge in [0.05, 0.1) is 12.3 Å². The fourth-order valence-corrected chi connectivity index (χ4v) is 3.15. The van der Waals surface area contributed by atoms with E-state index in [-0.39, 0.29) is 4.90 Å². The van der Waals surface area contributed by atoms with Gasteiger partial charge in [-0.25, -0.2) is 8.42 Å². The molecule has 1 N–H and O–H groups in total. The highest BCUT2D eigenvalue weighted by molar-refractivity contribution is 7.89. The van der Waals surface area contributed by atoms with Gasteiger partial charge in [-0.15, -0.1) is 0 Å². The molecule has 0 fully saturated rings. The lowest BCUT2D eigenvalue weighted by Gasteiger charge is -2.21. The molecule has 1 aromatic heterocycles. The number of rotatable bonds is 7. The van der Waals surface area contributed by atoms with Gasteiger partial charge >= 0.3 is 0 Å². The molecule has 0 spiro atoms. The lowest BCUT2D eigenvalue weighted by Crippen LogP contribution is -2.34. The van der Waals surface area contributed by atoms with Crippen molar-refractivity contribution in [3.05, 3.63) is 18.5 Å². The van der Waals surface area contributed by atoms with Gasteiger partial charge in [0, 0.05) is 39.6 Å². The third-order valence-electron chi connectivity index (χ3n) is 2.57. The van der Waals surface area contributed by atoms with Crippen molar-refractivity contribution in [2.75, 3.05) is 39.2 Å². The van der Waals surface area contributed by atoms with E-state index < -0.39 is 10.0 Å². The maximum atomic E-state index is 12.4. The van der Waals surface area contributed by atoms with Crippen LogP contribution in [0.2, 0.25) is 0 Å². The first kappa shape index (κ1) is 14.9. The number of nitrogens with one attached hydrogen (secondary N) is 1. The van der Waals surface area contributed by atoms with E-state index in [2.05, 4.69) is 10.3 Å². The highest BCUT2D eigenvalue weighted by Crippen LogP contribution is 2.22. The molecule has 0 aliphatic rings. The summed E-state index contributed by atoms with van der Waals surface area (Å²) in [5.74, 6) is 0. The highest BCUT2D eigenvalue weighted by atomic mass is 32.2. The number of sulfonamides is 1. The van der Waals surface area contributed by atoms with Gasteiger partial charge in [0.1, 0.15) is 4.90 Å². The minimum absolute atomic E-state index is 0.186. The van der Waals surface area contributed by atoms with Gasteiger partial charge in [-0.1, -0.05) is 6.92 Å². The summed E-state index contributed by atoms with van der Waals surface area (Å²) >= 11 is 0. The van der Waals surface area contributed by atoms with Gasteiger partial charge in [-0.2, -0.15) is 4.31 Å². The van der Waals surface area contributed by atoms with Crippen molar-refractivity contribution in [3.8, 4) is 0 Å². The summed E-state index contributed by atoms with van der Waals surface area (Å²) in [4.78, 5) is 4.07. The first-order valence-electron chi connectivity index (χ1n) is 5.68. The van der Waals surface area contributed by atoms with E-state index in [4.69, 9.17) is 4.74 Å². The van der Waals surface area contributed by atoms with Crippen molar-refractivity contribution in [2.24, 2.45) is 0 Å². The van der Waals surface area contributed by atoms with Crippen LogP contribution in [0.1, 0.15) is 6.92 Å². The summed E-state index contributed by atoms with van der Waals surface area (Å²) in [6, 6.07) is 1.64. The molecule has 0 atom stereocenters. The lowest BCUT2D eigenvalue weighted by atomic mass is 10.4. The van der Waals surface area contributed by atoms with Crippen LogP contribution in [0, 0.1) is 0 Å². The summed E-state index contributed by atoms with van der Waals surface area (Å²) < 4.78 is 31.2. The number of aromatic nitrogens is 1. The Hall–Kier alpha value is -1.18. The molecular weight excluding hydrogens is 254 g/mol. The van der Waals surface area contributed by atoms with Gasteiger partial charge in [0.2, 0.25) is 10.0 Å². The standard InChI is InChI=1S/C11H19N3O3S/c1-4-14(7-8-17-3)18(15,16)11-9-13-6-5-10(11)12-2/h5-6,9H,4,7-8H2,1-3H3,(H,12,13). The zero-order valence-electron chi connectivity index (χ0n) is 10.9. The molecule has 1 heterocycles. The second-order valence-corrected chi connectivity index (χ2v) is 5.52. The van der Waals surface area contributed by atoms with Crippen molar-refractivity contribution in [3.63, 3.8) is 0 Å². The first-order valence-corrected chi connectivity index (χ1v) is 7.12. The topological polar surface area (TPSA) is 71.5 Å². The highest BCUT2D eigenvalue weighted by Gasteiger charge is 2.25. The number of methoxy groups -OCH3 is 1. The second-order valence-electron chi connectivity index (χ2n) is 3.61. The van der Waals surface area contributed by atoms with Crippen LogP contribution in [-0.2, 0) is 14.8 Å². The van der Waals surface area contributed by atoms with Crippen molar-refractivity contribution >= 4 is 15.7 Å². The summed E-state index contributed by atoms with van der Waals surface area (Å²) in [6.45, 7) is 2.88. The monoisotopic (exact) mass is 273 g/mol. The molecule has 1 rings (SSSR count). The van der Waals surface area contributed by atoms with Gasteiger partial charge in [0.15, 0.2) is 0 Å². The Bertz CT molecular complexity index is 476. The van der Waals surface area contributed by atoms with Gasteiger partial charge in [-0.05, 0) is 6.07 Å². The Labute approximate surface area is 108 Å². The van der Waals surface area contributed by atoms with Crippen molar-refractivity contribution in [2.45, 2.75) is 11.8 Å². The van der Waals surface area contributed by atoms with Gasteiger partial charge < -0.3 is 10.1 Å². The molecular formula is C11H19N3O3S. The third kappa shape index (κ3) is 3.18. The fraction of sp³-hybridized carbons (Fsp3) is 0.545. The zero-order chi connectivity index (χ0) is 13.6. The Morgan fingerprint density at radius 3 is 2.78 bits per heavy atom. The van der Waals surface area contributed by atoms with Gasteiger partial charge in [0.25, 0.3) is 0 Å². The summed E-state index contributed by atoms with van der Waals surface area (Å²) in [5.41, 5.74) is 0.542. The molecule has 0 unspecified atom stereocenters. The fourth-order valence-electron chi connectivity index (χ4n) is 1.57. The van der Waals surface area contributed by atoms with Crippen LogP contribution in [0.5, 0.6) is 0 Å². The number of likely N-dealkylation sites (N-methyl/N-ethyl adjacent to an activating group) is 1. The summed E-state index contributed by atoms with van der Waals surface area (Å²) in [5, 5.41) is 2.86. The van der Waals surface area contributed by atoms with Crippen LogP contribution in [0.25, 0.3) is 0 Å². The smallest absolute Gasteiger partial charge is 0.246 e. The predicted molar refractivity (Wildman–Crippen MR) is 70.1 cm³/mol. The molecule has 18 heavy (non-hydrogen) atoms. The molecule has 102 valence electrons. The molecule has 0 aliphatic heterocycles. The maximum Gasteiger partial charge on any atom is 0.246 e. The van der Waals surface area contributed by atoms with Crippen LogP contribution in [-0.4, -0.2) is 51.6 Å². The maximum absolute atomic E-state index is 12.4. The van der Waals surface area contributed by atoms with E-state index in [1.807, 2.05) is 0 Å². The molecule has 1 aromatic rings. The van der Waals surface area contributed by atoms with Gasteiger partial charge in [-0.3, -0.25) is 4.98 Å². The Morgan fingerprint density at radius 1 is 1.50 bits per heavy atom. The number of hydrogen-bond acceptors (Lipinski definition) is 5. The molecule has 0 radical (unpaired) electrons. The molecule has 0 saturated carbocycles. The van der Waals surface area contributed by atoms with E-state index in [0.717, 1.165) is 0 Å². The van der Waals surface area contributed by atoms with Crippen molar-refractivity contribution in [1.29, 1.82) is 0 Å². The molecule has 0 bridgehead atoms. The minimum Gasteiger partial charge on any atom is -0.387 e. The average Bonchev–Trinajstić information content (AvgIpc) is 2.39. The number of nitrogens with zero attached hydrogens (tertiary/aromatic N) is 2. The SMILES string of the molecule is CCN(CCOC)S(=O)(=O)c1cnccc1NC. The van der Waals surface area contributed by atoms with Crippen LogP contribution >= 0.6 is 0 Å². The Balaban J connectivity index is 3.10. The molecule has 0 saturated heterocycles. The van der Waals surface area contributed by atoms with Crippen molar-refractivity contribution in [1.82, 2.24) is 9.29 Å². The van der Waals surface area contributed by atoms with E-state index in [0.29, 0.717) is 25.4 Å². The lowest BCUT2D eigenvalue weighted by molar-refractivity contribution is 0.180. The van der Waals surface area contributed by atoms with Crippen LogP contribution in [0.15, 0.2) is 23.4 Å². The van der Waals surface area contributed by atoms with Crippen LogP contribution < -0.4 is 5.32 Å². The van der Waals surface area contributed by atoms with E-state index in [9.17, 15) is 8.42 Å². The Morgan fingerprint density at radius 2 is 2.22 bits per heavy atom. The van der Waals surface area contributed by atoms with Crippen LogP contribution in [0.3, 0.4) is 0 Å². The van der Waals surface area contributed by atoms with Crippen LogP contribution in [0.4, 0.5) is 5.69 Å². The Kier molecular flexibility index (Phi) is 5.52. The zero-order valence-corrected chi connectivity index (χ0v) is 11.7. The molecule has 6 nitrogen and oxygen atoms in total. The first-order chi connectivity index (χ1) is 8.57. The number of anilines is 1. The predicted octanol–water partition coefficient (Wildman–Crippen LogP) is 0.780. The summed E-state index contributed by atoms with van der Waals surface area (Å²) in [6.07, 6.45) is 2.91. The summed E-state index contributed by atoms with van der Waals surface area (Å²) in [7, 11) is -0.312. The largest absolute Gasteiger partial charge is 0.387 e. The molecule has 0 aromatic carbocycles. The molecule has 0 amide bonds. The van der Waals surface area contributed by atoms with Crippen molar-refractivity contribution < 1.29 is 13.2 Å². The molecule has 7 heteroatoms. The van der Waals surface area contributed by atoms with E-state index in [1.165, 1.54) is 10.5 Å². The number of ether oxygens (including phenoxy) is 1. The minimum atomic E-state index is -3.54. The number of hydrogen-bond donors (Lipinski definition) is 1.